The van der Waals surface area contributed by atoms with Crippen LogP contribution < -0.4 is 15.4 Å². The summed E-state index contributed by atoms with van der Waals surface area (Å²) in [5.41, 5.74) is 1.44. The molecule has 0 saturated heterocycles. The molecule has 0 unspecified atom stereocenters. The first-order valence-electron chi connectivity index (χ1n) is 9.66. The average molecular weight is 428 g/mol. The molecule has 156 valence electrons. The van der Waals surface area contributed by atoms with Gasteiger partial charge in [-0.05, 0) is 55.8 Å². The molecule has 0 spiro atoms. The molecule has 1 aromatic heterocycles. The molecule has 8 nitrogen and oxygen atoms in total. The highest BCUT2D eigenvalue weighted by atomic mass is 35.5. The normalized spacial score (nSPS) is 20.2. The summed E-state index contributed by atoms with van der Waals surface area (Å²) in [6.45, 7) is 4.19. The van der Waals surface area contributed by atoms with E-state index in [1.165, 1.54) is 6.33 Å². The van der Waals surface area contributed by atoms with Crippen molar-refractivity contribution in [3.63, 3.8) is 0 Å². The van der Waals surface area contributed by atoms with E-state index in [2.05, 4.69) is 20.7 Å². The first kappa shape index (κ1) is 20.0. The summed E-state index contributed by atoms with van der Waals surface area (Å²) in [4.78, 5) is 17.6. The number of nitrogens with zero attached hydrogens (tertiary/aromatic N) is 3. The number of hydrogen-bond acceptors (Lipinski definition) is 6. The van der Waals surface area contributed by atoms with Gasteiger partial charge in [0.1, 0.15) is 6.33 Å². The maximum absolute atomic E-state index is 13.3. The number of carbonyl (C=O) groups excluding carboxylic acids is 1. The van der Waals surface area contributed by atoms with Gasteiger partial charge in [0.25, 0.3) is 0 Å². The van der Waals surface area contributed by atoms with Crippen LogP contribution in [0.1, 0.15) is 25.5 Å². The lowest BCUT2D eigenvalue weighted by atomic mass is 9.85. The third-order valence-corrected chi connectivity index (χ3v) is 5.36. The van der Waals surface area contributed by atoms with E-state index in [1.54, 1.807) is 47.1 Å². The van der Waals surface area contributed by atoms with Crippen molar-refractivity contribution in [1.82, 2.24) is 14.8 Å². The molecule has 2 heterocycles. The topological polar surface area (TPSA) is 101 Å². The molecule has 1 aliphatic heterocycles. The average Bonchev–Trinajstić information content (AvgIpc) is 3.18. The van der Waals surface area contributed by atoms with Gasteiger partial charge in [-0.15, -0.1) is 0 Å². The Morgan fingerprint density at radius 1 is 1.30 bits per heavy atom. The first-order valence-corrected chi connectivity index (χ1v) is 10.0. The Kier molecular flexibility index (Phi) is 5.50. The van der Waals surface area contributed by atoms with E-state index in [9.17, 15) is 9.90 Å². The van der Waals surface area contributed by atoms with E-state index >= 15 is 0 Å². The fourth-order valence-electron chi connectivity index (χ4n) is 3.74. The standard InChI is InChI=1S/C21H22ClN5O3/c1-3-30-17-10-13(4-9-16(17)28)19-18(12(2)25-21-23-11-24-27(19)21)20(29)26-15-7-5-14(22)6-8-15/h4-12,18-19,28H,3H2,1-2H3,(H,26,29)(H,23,24,25)/t12-,18-,19-/m0/s1. The SMILES string of the molecule is CCOc1cc([C@H]2[C@@H](C(=O)Nc3ccc(Cl)cc3)[C@H](C)Nc3ncnn32)ccc1O. The van der Waals surface area contributed by atoms with Gasteiger partial charge >= 0.3 is 0 Å². The molecule has 30 heavy (non-hydrogen) atoms. The van der Waals surface area contributed by atoms with Gasteiger partial charge in [0.2, 0.25) is 11.9 Å². The molecular weight excluding hydrogens is 406 g/mol. The Bertz CT molecular complexity index is 1050. The number of fused-ring (bicyclic) bond motifs is 1. The van der Waals surface area contributed by atoms with Gasteiger partial charge in [0, 0.05) is 16.8 Å². The lowest BCUT2D eigenvalue weighted by Gasteiger charge is -2.37. The number of aromatic nitrogens is 3. The van der Waals surface area contributed by atoms with Gasteiger partial charge in [-0.3, -0.25) is 4.79 Å². The second-order valence-electron chi connectivity index (χ2n) is 7.09. The smallest absolute Gasteiger partial charge is 0.232 e. The maximum Gasteiger partial charge on any atom is 0.232 e. The van der Waals surface area contributed by atoms with Crippen LogP contribution in [0.2, 0.25) is 5.02 Å². The van der Waals surface area contributed by atoms with Gasteiger partial charge < -0.3 is 20.5 Å². The Hall–Kier alpha value is -3.26. The number of rotatable bonds is 5. The summed E-state index contributed by atoms with van der Waals surface area (Å²) >= 11 is 5.95. The van der Waals surface area contributed by atoms with Crippen LogP contribution in [0.3, 0.4) is 0 Å². The summed E-state index contributed by atoms with van der Waals surface area (Å²) in [7, 11) is 0. The number of phenols is 1. The number of benzene rings is 2. The molecule has 0 bridgehead atoms. The number of anilines is 2. The molecule has 0 fully saturated rings. The monoisotopic (exact) mass is 427 g/mol. The molecule has 2 aromatic carbocycles. The molecule has 3 aromatic rings. The minimum atomic E-state index is -0.506. The first-order chi connectivity index (χ1) is 14.5. The second-order valence-corrected chi connectivity index (χ2v) is 7.52. The molecule has 0 aliphatic carbocycles. The largest absolute Gasteiger partial charge is 0.504 e. The zero-order valence-electron chi connectivity index (χ0n) is 16.5. The highest BCUT2D eigenvalue weighted by Crippen LogP contribution is 2.39. The van der Waals surface area contributed by atoms with Crippen molar-refractivity contribution in [1.29, 1.82) is 0 Å². The predicted octanol–water partition coefficient (Wildman–Crippen LogP) is 3.69. The van der Waals surface area contributed by atoms with Crippen LogP contribution in [0.15, 0.2) is 48.8 Å². The van der Waals surface area contributed by atoms with Crippen LogP contribution in [-0.4, -0.2) is 38.4 Å². The van der Waals surface area contributed by atoms with E-state index in [1.807, 2.05) is 13.8 Å². The van der Waals surface area contributed by atoms with Crippen LogP contribution in [0.5, 0.6) is 11.5 Å². The van der Waals surface area contributed by atoms with Gasteiger partial charge in [0.05, 0.1) is 18.6 Å². The molecule has 9 heteroatoms. The lowest BCUT2D eigenvalue weighted by Crippen LogP contribution is -2.46. The summed E-state index contributed by atoms with van der Waals surface area (Å²) in [6.07, 6.45) is 1.45. The maximum atomic E-state index is 13.3. The molecule has 3 N–H and O–H groups in total. The van der Waals surface area contributed by atoms with Crippen LogP contribution in [-0.2, 0) is 4.79 Å². The molecule has 0 radical (unpaired) electrons. The summed E-state index contributed by atoms with van der Waals surface area (Å²) in [5.74, 6) is 0.306. The van der Waals surface area contributed by atoms with E-state index in [-0.39, 0.29) is 17.7 Å². The van der Waals surface area contributed by atoms with Crippen LogP contribution in [0.25, 0.3) is 0 Å². The number of nitrogens with one attached hydrogen (secondary N) is 2. The molecule has 3 atom stereocenters. The summed E-state index contributed by atoms with van der Waals surface area (Å²) < 4.78 is 7.23. The predicted molar refractivity (Wildman–Crippen MR) is 114 cm³/mol. The van der Waals surface area contributed by atoms with Crippen molar-refractivity contribution < 1.29 is 14.6 Å². The Labute approximate surface area is 178 Å². The zero-order valence-corrected chi connectivity index (χ0v) is 17.3. The Morgan fingerprint density at radius 2 is 2.07 bits per heavy atom. The molecule has 1 amide bonds. The Balaban J connectivity index is 1.73. The summed E-state index contributed by atoms with van der Waals surface area (Å²) in [5, 5.41) is 21.2. The highest BCUT2D eigenvalue weighted by molar-refractivity contribution is 6.30. The highest BCUT2D eigenvalue weighted by Gasteiger charge is 2.41. The van der Waals surface area contributed by atoms with E-state index < -0.39 is 12.0 Å². The molecular formula is C21H22ClN5O3. The van der Waals surface area contributed by atoms with Crippen molar-refractivity contribution in [2.45, 2.75) is 25.9 Å². The van der Waals surface area contributed by atoms with Gasteiger partial charge in [0.15, 0.2) is 11.5 Å². The third kappa shape index (κ3) is 3.78. The number of carbonyl (C=O) groups is 1. The van der Waals surface area contributed by atoms with Crippen LogP contribution in [0.4, 0.5) is 11.6 Å². The molecule has 4 rings (SSSR count). The number of halogens is 1. The lowest BCUT2D eigenvalue weighted by molar-refractivity contribution is -0.121. The van der Waals surface area contributed by atoms with Crippen molar-refractivity contribution in [2.24, 2.45) is 5.92 Å². The van der Waals surface area contributed by atoms with Crippen molar-refractivity contribution in [3.05, 3.63) is 59.4 Å². The number of hydrogen-bond donors (Lipinski definition) is 3. The van der Waals surface area contributed by atoms with Crippen LogP contribution >= 0.6 is 11.6 Å². The van der Waals surface area contributed by atoms with Crippen molar-refractivity contribution >= 4 is 29.1 Å². The van der Waals surface area contributed by atoms with Crippen molar-refractivity contribution in [2.75, 3.05) is 17.2 Å². The molecule has 0 saturated carbocycles. The molecule has 1 aliphatic rings. The minimum absolute atomic E-state index is 0.0450. The minimum Gasteiger partial charge on any atom is -0.504 e. The van der Waals surface area contributed by atoms with E-state index in [4.69, 9.17) is 16.3 Å². The van der Waals surface area contributed by atoms with Crippen LogP contribution in [0, 0.1) is 5.92 Å². The number of aromatic hydroxyl groups is 1. The van der Waals surface area contributed by atoms with E-state index in [0.717, 1.165) is 5.56 Å². The van der Waals surface area contributed by atoms with E-state index in [0.29, 0.717) is 29.0 Å². The fourth-order valence-corrected chi connectivity index (χ4v) is 3.87. The van der Waals surface area contributed by atoms with Gasteiger partial charge in [-0.2, -0.15) is 10.1 Å². The fraction of sp³-hybridized carbons (Fsp3) is 0.286. The number of ether oxygens (including phenoxy) is 1. The Morgan fingerprint density at radius 3 is 2.80 bits per heavy atom. The quantitative estimate of drug-likeness (QED) is 0.574. The second kappa shape index (κ2) is 8.23. The zero-order chi connectivity index (χ0) is 21.3. The third-order valence-electron chi connectivity index (χ3n) is 5.11. The van der Waals surface area contributed by atoms with Crippen molar-refractivity contribution in [3.8, 4) is 11.5 Å². The summed E-state index contributed by atoms with van der Waals surface area (Å²) in [6, 6.07) is 11.4. The van der Waals surface area contributed by atoms with Gasteiger partial charge in [-0.25, -0.2) is 4.68 Å². The number of phenolic OH excluding ortho intramolecular Hbond substituents is 1. The van der Waals surface area contributed by atoms with Gasteiger partial charge in [-0.1, -0.05) is 17.7 Å². The number of amides is 1.